The Bertz CT molecular complexity index is 1180. The molecule has 33 heavy (non-hydrogen) atoms. The summed E-state index contributed by atoms with van der Waals surface area (Å²) >= 11 is 7.46. The first-order valence-corrected chi connectivity index (χ1v) is 13.2. The summed E-state index contributed by atoms with van der Waals surface area (Å²) in [4.78, 5) is 18.9. The van der Waals surface area contributed by atoms with Gasteiger partial charge in [0.25, 0.3) is 5.91 Å². The molecular formula is C26H30N4OS2. The number of nitrogens with one attached hydrogen (secondary N) is 1. The van der Waals surface area contributed by atoms with Gasteiger partial charge in [0.15, 0.2) is 5.11 Å². The first-order chi connectivity index (χ1) is 16.0. The number of hydrogen-bond donors (Lipinski definition) is 1. The third-order valence-electron chi connectivity index (χ3n) is 7.35. The molecule has 1 spiro atoms. The van der Waals surface area contributed by atoms with E-state index in [0.29, 0.717) is 0 Å². The number of rotatable bonds is 3. The molecule has 3 aromatic rings. The SMILES string of the molecule is CSc1ccc(NC(=S)N2CCC3(CCN(C(=O)c4cc5ccccc5n4C)CC3)C2)cc1. The highest BCUT2D eigenvalue weighted by Gasteiger charge is 2.42. The smallest absolute Gasteiger partial charge is 0.270 e. The number of aryl methyl sites for hydroxylation is 1. The van der Waals surface area contributed by atoms with Crippen LogP contribution in [0.4, 0.5) is 5.69 Å². The lowest BCUT2D eigenvalue weighted by Crippen LogP contribution is -2.45. The number of aromatic nitrogens is 1. The molecule has 0 atom stereocenters. The molecule has 0 bridgehead atoms. The maximum Gasteiger partial charge on any atom is 0.270 e. The predicted octanol–water partition coefficient (Wildman–Crippen LogP) is 5.23. The summed E-state index contributed by atoms with van der Waals surface area (Å²) in [5.74, 6) is 0.143. The van der Waals surface area contributed by atoms with Gasteiger partial charge in [0.2, 0.25) is 0 Å². The zero-order valence-electron chi connectivity index (χ0n) is 19.2. The van der Waals surface area contributed by atoms with E-state index in [9.17, 15) is 4.79 Å². The maximum absolute atomic E-state index is 13.3. The van der Waals surface area contributed by atoms with Crippen molar-refractivity contribution in [1.29, 1.82) is 0 Å². The van der Waals surface area contributed by atoms with Crippen LogP contribution in [0.15, 0.2) is 59.5 Å². The number of anilines is 1. The minimum absolute atomic E-state index is 0.143. The molecule has 0 saturated carbocycles. The Kier molecular flexibility index (Phi) is 6.10. The lowest BCUT2D eigenvalue weighted by atomic mass is 9.77. The van der Waals surface area contributed by atoms with Gasteiger partial charge in [0, 0.05) is 54.7 Å². The Morgan fingerprint density at radius 1 is 1.00 bits per heavy atom. The van der Waals surface area contributed by atoms with Crippen molar-refractivity contribution < 1.29 is 4.79 Å². The first-order valence-electron chi connectivity index (χ1n) is 11.5. The molecule has 172 valence electrons. The van der Waals surface area contributed by atoms with E-state index in [0.717, 1.165) is 72.8 Å². The second kappa shape index (κ2) is 9.03. The summed E-state index contributed by atoms with van der Waals surface area (Å²) in [6.45, 7) is 3.57. The number of hydrogen-bond acceptors (Lipinski definition) is 3. The molecule has 2 saturated heterocycles. The summed E-state index contributed by atoms with van der Waals surface area (Å²) < 4.78 is 2.02. The van der Waals surface area contributed by atoms with E-state index in [4.69, 9.17) is 12.2 Å². The number of carbonyl (C=O) groups excluding carboxylic acids is 1. The number of carbonyl (C=O) groups is 1. The zero-order chi connectivity index (χ0) is 23.0. The molecule has 2 fully saturated rings. The average Bonchev–Trinajstić information content (AvgIpc) is 3.41. The van der Waals surface area contributed by atoms with Gasteiger partial charge < -0.3 is 19.7 Å². The van der Waals surface area contributed by atoms with Crippen molar-refractivity contribution in [2.24, 2.45) is 12.5 Å². The summed E-state index contributed by atoms with van der Waals surface area (Å²) in [7, 11) is 1.98. The number of nitrogens with zero attached hydrogens (tertiary/aromatic N) is 3. The van der Waals surface area contributed by atoms with Crippen molar-refractivity contribution in [1.82, 2.24) is 14.4 Å². The number of para-hydroxylation sites is 1. The lowest BCUT2D eigenvalue weighted by molar-refractivity contribution is 0.0590. The Balaban J connectivity index is 1.19. The molecule has 0 unspecified atom stereocenters. The molecule has 3 heterocycles. The first kappa shape index (κ1) is 22.3. The van der Waals surface area contributed by atoms with Gasteiger partial charge in [0.1, 0.15) is 5.69 Å². The van der Waals surface area contributed by atoms with Crippen LogP contribution in [0, 0.1) is 5.41 Å². The van der Waals surface area contributed by atoms with E-state index < -0.39 is 0 Å². The van der Waals surface area contributed by atoms with E-state index in [1.807, 2.05) is 34.7 Å². The normalized spacial score (nSPS) is 17.6. The monoisotopic (exact) mass is 478 g/mol. The topological polar surface area (TPSA) is 40.5 Å². The van der Waals surface area contributed by atoms with Crippen LogP contribution in [-0.2, 0) is 7.05 Å². The quantitative estimate of drug-likeness (QED) is 0.413. The third kappa shape index (κ3) is 4.36. The van der Waals surface area contributed by atoms with Crippen LogP contribution in [0.25, 0.3) is 10.9 Å². The number of thiocarbonyl (C=S) groups is 1. The van der Waals surface area contributed by atoms with E-state index in [1.165, 1.54) is 4.90 Å². The fourth-order valence-electron chi connectivity index (χ4n) is 5.23. The zero-order valence-corrected chi connectivity index (χ0v) is 20.8. The molecule has 0 aliphatic carbocycles. The molecule has 5 nitrogen and oxygen atoms in total. The lowest BCUT2D eigenvalue weighted by Gasteiger charge is -2.39. The Morgan fingerprint density at radius 3 is 2.33 bits per heavy atom. The molecule has 7 heteroatoms. The van der Waals surface area contributed by atoms with E-state index in [1.54, 1.807) is 11.8 Å². The molecule has 1 aromatic heterocycles. The Morgan fingerprint density at radius 2 is 1.67 bits per heavy atom. The third-order valence-corrected chi connectivity index (χ3v) is 8.45. The second-order valence-electron chi connectivity index (χ2n) is 9.27. The van der Waals surface area contributed by atoms with Crippen molar-refractivity contribution in [2.45, 2.75) is 24.2 Å². The Hall–Kier alpha value is -2.51. The summed E-state index contributed by atoms with van der Waals surface area (Å²) in [5.41, 5.74) is 3.17. The minimum Gasteiger partial charge on any atom is -0.348 e. The van der Waals surface area contributed by atoms with Crippen molar-refractivity contribution in [2.75, 3.05) is 37.8 Å². The number of thioether (sulfide) groups is 1. The van der Waals surface area contributed by atoms with Crippen molar-refractivity contribution in [3.63, 3.8) is 0 Å². The summed E-state index contributed by atoms with van der Waals surface area (Å²) in [5, 5.41) is 5.33. The van der Waals surface area contributed by atoms with Crippen molar-refractivity contribution >= 4 is 51.6 Å². The highest BCUT2D eigenvalue weighted by molar-refractivity contribution is 7.98. The number of benzene rings is 2. The number of likely N-dealkylation sites (tertiary alicyclic amines) is 2. The molecule has 2 aliphatic heterocycles. The largest absolute Gasteiger partial charge is 0.348 e. The molecule has 1 amide bonds. The molecule has 2 aromatic carbocycles. The predicted molar refractivity (Wildman–Crippen MR) is 141 cm³/mol. The van der Waals surface area contributed by atoms with Gasteiger partial charge in [-0.25, -0.2) is 0 Å². The van der Waals surface area contributed by atoms with E-state index in [-0.39, 0.29) is 11.3 Å². The fourth-order valence-corrected chi connectivity index (χ4v) is 5.92. The molecular weight excluding hydrogens is 448 g/mol. The molecule has 5 rings (SSSR count). The van der Waals surface area contributed by atoms with Crippen LogP contribution in [-0.4, -0.2) is 57.8 Å². The summed E-state index contributed by atoms with van der Waals surface area (Å²) in [6.07, 6.45) is 5.28. The van der Waals surface area contributed by atoms with E-state index in [2.05, 4.69) is 52.9 Å². The van der Waals surface area contributed by atoms with Crippen molar-refractivity contribution in [3.05, 3.63) is 60.3 Å². The van der Waals surface area contributed by atoms with Crippen LogP contribution < -0.4 is 5.32 Å². The van der Waals surface area contributed by atoms with Gasteiger partial charge in [-0.2, -0.15) is 0 Å². The standard InChI is InChI=1S/C26H30N4OS2/c1-28-22-6-4-3-5-19(22)17-23(28)24(31)29-14-11-26(12-15-29)13-16-30(18-26)25(32)27-20-7-9-21(33-2)10-8-20/h3-10,17H,11-16,18H2,1-2H3,(H,27,32). The highest BCUT2D eigenvalue weighted by Crippen LogP contribution is 2.41. The van der Waals surface area contributed by atoms with Gasteiger partial charge in [-0.05, 0) is 79.5 Å². The maximum atomic E-state index is 13.3. The van der Waals surface area contributed by atoms with Crippen LogP contribution >= 0.6 is 24.0 Å². The minimum atomic E-state index is 0.143. The second-order valence-corrected chi connectivity index (χ2v) is 10.5. The highest BCUT2D eigenvalue weighted by atomic mass is 32.2. The van der Waals surface area contributed by atoms with Gasteiger partial charge in [-0.1, -0.05) is 18.2 Å². The van der Waals surface area contributed by atoms with E-state index >= 15 is 0 Å². The number of piperidine rings is 1. The van der Waals surface area contributed by atoms with Gasteiger partial charge in [-0.3, -0.25) is 4.79 Å². The molecule has 0 radical (unpaired) electrons. The van der Waals surface area contributed by atoms with Gasteiger partial charge >= 0.3 is 0 Å². The molecule has 2 aliphatic rings. The van der Waals surface area contributed by atoms with Gasteiger partial charge in [0.05, 0.1) is 0 Å². The summed E-state index contributed by atoms with van der Waals surface area (Å²) in [6, 6.07) is 18.6. The molecule has 1 N–H and O–H groups in total. The fraction of sp³-hybridized carbons (Fsp3) is 0.385. The Labute approximate surface area is 205 Å². The average molecular weight is 479 g/mol. The van der Waals surface area contributed by atoms with Crippen LogP contribution in [0.1, 0.15) is 29.8 Å². The van der Waals surface area contributed by atoms with Gasteiger partial charge in [-0.15, -0.1) is 11.8 Å². The van der Waals surface area contributed by atoms with Crippen LogP contribution in [0.2, 0.25) is 0 Å². The van der Waals surface area contributed by atoms with Crippen molar-refractivity contribution in [3.8, 4) is 0 Å². The number of fused-ring (bicyclic) bond motifs is 1. The number of amides is 1. The van der Waals surface area contributed by atoms with Crippen LogP contribution in [0.3, 0.4) is 0 Å². The van der Waals surface area contributed by atoms with Crippen LogP contribution in [0.5, 0.6) is 0 Å².